The lowest BCUT2D eigenvalue weighted by molar-refractivity contribution is -0.433. The van der Waals surface area contributed by atoms with E-state index in [9.17, 15) is 9.90 Å². The Hall–Kier alpha value is -3.80. The molecule has 0 radical (unpaired) electrons. The molecule has 0 bridgehead atoms. The molecule has 6 nitrogen and oxygen atoms in total. The number of benzene rings is 2. The summed E-state index contributed by atoms with van der Waals surface area (Å²) in [4.78, 5) is 10.7. The number of allylic oxidation sites excluding steroid dienone is 4. The SMILES string of the molecule is CC[N+]1=C(C=CC2=C3Oc4cc(O)cc(OCCCCCCCC(=O)O)c4C=C3CCC2)C(C)(C)c2ccccc21. The van der Waals surface area contributed by atoms with Crippen molar-refractivity contribution in [2.75, 3.05) is 13.2 Å². The summed E-state index contributed by atoms with van der Waals surface area (Å²) >= 11 is 0. The van der Waals surface area contributed by atoms with Gasteiger partial charge in [0.1, 0.15) is 29.6 Å². The number of rotatable bonds is 12. The minimum atomic E-state index is -0.733. The van der Waals surface area contributed by atoms with E-state index in [1.165, 1.54) is 28.1 Å². The quantitative estimate of drug-likeness (QED) is 0.204. The van der Waals surface area contributed by atoms with Crippen LogP contribution in [0.2, 0.25) is 0 Å². The van der Waals surface area contributed by atoms with Crippen LogP contribution >= 0.6 is 0 Å². The van der Waals surface area contributed by atoms with Crippen LogP contribution in [0.4, 0.5) is 5.69 Å². The van der Waals surface area contributed by atoms with Gasteiger partial charge in [0.2, 0.25) is 5.69 Å². The summed E-state index contributed by atoms with van der Waals surface area (Å²) in [7, 11) is 0. The zero-order valence-corrected chi connectivity index (χ0v) is 24.5. The number of carboxylic acid groups (broad SMARTS) is 1. The van der Waals surface area contributed by atoms with Gasteiger partial charge < -0.3 is 19.7 Å². The van der Waals surface area contributed by atoms with Crippen molar-refractivity contribution in [2.24, 2.45) is 0 Å². The molecule has 0 saturated carbocycles. The Bertz CT molecular complexity index is 1440. The molecule has 216 valence electrons. The highest BCUT2D eigenvalue weighted by molar-refractivity contribution is 6.03. The molecule has 2 aromatic carbocycles. The lowest BCUT2D eigenvalue weighted by Crippen LogP contribution is -2.27. The highest BCUT2D eigenvalue weighted by atomic mass is 16.5. The van der Waals surface area contributed by atoms with Crippen LogP contribution in [0.3, 0.4) is 0 Å². The predicted octanol–water partition coefficient (Wildman–Crippen LogP) is 8.06. The van der Waals surface area contributed by atoms with Crippen molar-refractivity contribution < 1.29 is 29.1 Å². The molecule has 41 heavy (non-hydrogen) atoms. The van der Waals surface area contributed by atoms with E-state index in [-0.39, 0.29) is 17.6 Å². The van der Waals surface area contributed by atoms with Crippen molar-refractivity contribution in [3.8, 4) is 17.2 Å². The van der Waals surface area contributed by atoms with Crippen molar-refractivity contribution in [1.29, 1.82) is 0 Å². The van der Waals surface area contributed by atoms with Gasteiger partial charge in [-0.15, -0.1) is 0 Å². The summed E-state index contributed by atoms with van der Waals surface area (Å²) in [5, 5.41) is 19.2. The van der Waals surface area contributed by atoms with E-state index in [0.717, 1.165) is 69.2 Å². The van der Waals surface area contributed by atoms with Gasteiger partial charge in [0.05, 0.1) is 17.6 Å². The topological polar surface area (TPSA) is 79.0 Å². The second-order valence-electron chi connectivity index (χ2n) is 11.7. The first-order valence-electron chi connectivity index (χ1n) is 15.1. The number of para-hydroxylation sites is 1. The number of aliphatic carboxylic acids is 1. The number of hydrogen-bond acceptors (Lipinski definition) is 4. The number of nitrogens with zero attached hydrogens (tertiary/aromatic N) is 1. The van der Waals surface area contributed by atoms with Crippen LogP contribution < -0.4 is 9.47 Å². The predicted molar refractivity (Wildman–Crippen MR) is 162 cm³/mol. The molecule has 0 spiro atoms. The van der Waals surface area contributed by atoms with E-state index >= 15 is 0 Å². The lowest BCUT2D eigenvalue weighted by Gasteiger charge is -2.27. The zero-order chi connectivity index (χ0) is 29.0. The van der Waals surface area contributed by atoms with Gasteiger partial charge in [0, 0.05) is 36.3 Å². The van der Waals surface area contributed by atoms with Crippen LogP contribution in [0.15, 0.2) is 65.5 Å². The van der Waals surface area contributed by atoms with Crippen molar-refractivity contribution in [2.45, 2.75) is 84.0 Å². The minimum Gasteiger partial charge on any atom is -0.508 e. The Morgan fingerprint density at radius 1 is 1.07 bits per heavy atom. The number of ether oxygens (including phenoxy) is 2. The minimum absolute atomic E-state index is 0.0851. The monoisotopic (exact) mass is 556 g/mol. The third-order valence-corrected chi connectivity index (χ3v) is 8.45. The van der Waals surface area contributed by atoms with E-state index < -0.39 is 5.97 Å². The first kappa shape index (κ1) is 28.7. The summed E-state index contributed by atoms with van der Waals surface area (Å²) in [5.41, 5.74) is 7.07. The maximum Gasteiger partial charge on any atom is 0.303 e. The highest BCUT2D eigenvalue weighted by Gasteiger charge is 2.43. The number of carboxylic acids is 1. The van der Waals surface area contributed by atoms with Crippen LogP contribution in [0.1, 0.15) is 89.7 Å². The van der Waals surface area contributed by atoms with E-state index in [1.54, 1.807) is 12.1 Å². The molecular weight excluding hydrogens is 514 g/mol. The molecule has 2 N–H and O–H groups in total. The lowest BCUT2D eigenvalue weighted by atomic mass is 9.81. The van der Waals surface area contributed by atoms with E-state index in [4.69, 9.17) is 14.6 Å². The Labute approximate surface area is 243 Å². The molecule has 0 fully saturated rings. The molecule has 0 unspecified atom stereocenters. The second kappa shape index (κ2) is 12.4. The number of aromatic hydroxyl groups is 1. The van der Waals surface area contributed by atoms with Gasteiger partial charge in [-0.1, -0.05) is 37.5 Å². The van der Waals surface area contributed by atoms with Gasteiger partial charge in [-0.05, 0) is 76.2 Å². The molecule has 3 aliphatic rings. The van der Waals surface area contributed by atoms with Crippen molar-refractivity contribution >= 4 is 23.4 Å². The van der Waals surface area contributed by atoms with E-state index in [1.807, 2.05) is 0 Å². The molecule has 6 heteroatoms. The maximum atomic E-state index is 10.7. The number of phenols is 1. The molecule has 0 amide bonds. The first-order chi connectivity index (χ1) is 19.8. The van der Waals surface area contributed by atoms with Crippen molar-refractivity contribution in [3.05, 3.63) is 76.6 Å². The number of fused-ring (bicyclic) bond motifs is 3. The summed E-state index contributed by atoms with van der Waals surface area (Å²) in [6, 6.07) is 12.0. The Kier molecular flexibility index (Phi) is 8.67. The van der Waals surface area contributed by atoms with Gasteiger partial charge in [0.15, 0.2) is 5.71 Å². The average Bonchev–Trinajstić information content (AvgIpc) is 3.17. The standard InChI is InChI=1S/C35H41NO5/c1-4-36-29-16-10-9-15-28(29)35(2,3)32(36)19-18-24-13-12-14-25-21-27-30(22-26(37)23-31(27)41-34(24)25)40-20-11-7-5-6-8-17-33(38)39/h9-10,15-16,18-19,21-23H,4-8,11-14,17,20H2,1-3H3,(H,38,39)/p+1. The Morgan fingerprint density at radius 3 is 2.66 bits per heavy atom. The maximum absolute atomic E-state index is 10.7. The molecule has 2 heterocycles. The molecule has 5 rings (SSSR count). The molecular formula is C35H42NO5+. The molecule has 0 saturated heterocycles. The molecule has 2 aliphatic heterocycles. The molecule has 0 aromatic heterocycles. The van der Waals surface area contributed by atoms with Gasteiger partial charge in [-0.3, -0.25) is 4.79 Å². The normalized spacial score (nSPS) is 17.2. The van der Waals surface area contributed by atoms with Crippen LogP contribution in [0, 0.1) is 0 Å². The van der Waals surface area contributed by atoms with Crippen molar-refractivity contribution in [3.63, 3.8) is 0 Å². The molecule has 0 atom stereocenters. The van der Waals surface area contributed by atoms with Gasteiger partial charge in [0.25, 0.3) is 0 Å². The summed E-state index contributed by atoms with van der Waals surface area (Å²) in [5.74, 6) is 1.55. The van der Waals surface area contributed by atoms with Crippen LogP contribution in [-0.2, 0) is 10.2 Å². The third kappa shape index (κ3) is 6.12. The van der Waals surface area contributed by atoms with Crippen LogP contribution in [0.5, 0.6) is 17.2 Å². The average molecular weight is 557 g/mol. The van der Waals surface area contributed by atoms with Crippen molar-refractivity contribution in [1.82, 2.24) is 0 Å². The number of hydrogen-bond donors (Lipinski definition) is 2. The van der Waals surface area contributed by atoms with Gasteiger partial charge >= 0.3 is 5.97 Å². The highest BCUT2D eigenvalue weighted by Crippen LogP contribution is 2.45. The van der Waals surface area contributed by atoms with Gasteiger partial charge in [-0.25, -0.2) is 0 Å². The summed E-state index contributed by atoms with van der Waals surface area (Å²) < 4.78 is 15.0. The Balaban J connectivity index is 1.33. The third-order valence-electron chi connectivity index (χ3n) is 8.45. The second-order valence-corrected chi connectivity index (χ2v) is 11.7. The first-order valence-corrected chi connectivity index (χ1v) is 15.1. The number of phenolic OH excluding ortho intramolecular Hbond substituents is 1. The van der Waals surface area contributed by atoms with Crippen LogP contribution in [0.25, 0.3) is 6.08 Å². The fraction of sp³-hybridized carbons (Fsp3) is 0.429. The number of unbranched alkanes of at least 4 members (excludes halogenated alkanes) is 4. The summed E-state index contributed by atoms with van der Waals surface area (Å²) in [6.45, 7) is 8.24. The fourth-order valence-corrected chi connectivity index (χ4v) is 6.30. The zero-order valence-electron chi connectivity index (χ0n) is 24.5. The fourth-order valence-electron chi connectivity index (χ4n) is 6.30. The van der Waals surface area contributed by atoms with E-state index in [0.29, 0.717) is 18.1 Å². The number of carbonyl (C=O) groups is 1. The van der Waals surface area contributed by atoms with E-state index in [2.05, 4.69) is 67.8 Å². The smallest absolute Gasteiger partial charge is 0.303 e. The van der Waals surface area contributed by atoms with Crippen LogP contribution in [-0.4, -0.2) is 39.6 Å². The molecule has 1 aliphatic carbocycles. The summed E-state index contributed by atoms with van der Waals surface area (Å²) in [6.07, 6.45) is 14.3. The molecule has 2 aromatic rings. The van der Waals surface area contributed by atoms with Gasteiger partial charge in [-0.2, -0.15) is 4.58 Å². The largest absolute Gasteiger partial charge is 0.508 e. The Morgan fingerprint density at radius 2 is 1.85 bits per heavy atom.